The monoisotopic (exact) mass is 1160 g/mol. The van der Waals surface area contributed by atoms with Gasteiger partial charge in [-0.15, -0.1) is 0 Å². The molecule has 2 aliphatic carbocycles. The van der Waals surface area contributed by atoms with Gasteiger partial charge in [-0.05, 0) is 222 Å². The van der Waals surface area contributed by atoms with E-state index in [-0.39, 0.29) is 16.2 Å². The molecule has 2 heteroatoms. The minimum atomic E-state index is 0.0233. The van der Waals surface area contributed by atoms with Crippen LogP contribution in [-0.4, -0.2) is 0 Å². The third kappa shape index (κ3) is 15.2. The van der Waals surface area contributed by atoms with Gasteiger partial charge in [-0.1, -0.05) is 262 Å². The van der Waals surface area contributed by atoms with Crippen LogP contribution in [0.3, 0.4) is 0 Å². The van der Waals surface area contributed by atoms with Crippen LogP contribution in [0.25, 0.3) is 33.4 Å². The van der Waals surface area contributed by atoms with E-state index >= 15 is 0 Å². The van der Waals surface area contributed by atoms with Crippen LogP contribution in [0.4, 0.5) is 28.4 Å². The van der Waals surface area contributed by atoms with Crippen LogP contribution in [0.2, 0.25) is 0 Å². The van der Waals surface area contributed by atoms with Crippen LogP contribution < -0.4 is 9.80 Å². The third-order valence-electron chi connectivity index (χ3n) is 21.3. The predicted molar refractivity (Wildman–Crippen MR) is 382 cm³/mol. The van der Waals surface area contributed by atoms with E-state index in [1.165, 1.54) is 201 Å². The molecule has 0 saturated carbocycles. The van der Waals surface area contributed by atoms with E-state index in [0.29, 0.717) is 0 Å². The van der Waals surface area contributed by atoms with Gasteiger partial charge >= 0.3 is 0 Å². The van der Waals surface area contributed by atoms with Crippen molar-refractivity contribution in [2.24, 2.45) is 0 Å². The quantitative estimate of drug-likeness (QED) is 0.0371. The Balaban J connectivity index is 1.03. The number of allylic oxidation sites excluding steroid dienone is 4. The third-order valence-corrected chi connectivity index (χ3v) is 21.3. The lowest BCUT2D eigenvalue weighted by Gasteiger charge is -2.35. The fourth-order valence-corrected chi connectivity index (χ4v) is 14.5. The zero-order valence-corrected chi connectivity index (χ0v) is 55.9. The highest BCUT2D eigenvalue weighted by atomic mass is 15.2. The molecule has 460 valence electrons. The predicted octanol–water partition coefficient (Wildman–Crippen LogP) is 26.7. The van der Waals surface area contributed by atoms with Gasteiger partial charge in [0, 0.05) is 39.5 Å². The van der Waals surface area contributed by atoms with Crippen molar-refractivity contribution in [2.75, 3.05) is 9.80 Å². The summed E-state index contributed by atoms with van der Waals surface area (Å²) >= 11 is 0. The zero-order chi connectivity index (χ0) is 61.2. The molecule has 0 heterocycles. The Bertz CT molecular complexity index is 3270. The Kier molecular flexibility index (Phi) is 23.3. The van der Waals surface area contributed by atoms with Gasteiger partial charge in [0.25, 0.3) is 0 Å². The first kappa shape index (κ1) is 65.1. The lowest BCUT2D eigenvalue weighted by atomic mass is 9.68. The first-order valence-electron chi connectivity index (χ1n) is 35.3. The molecule has 0 amide bonds. The van der Waals surface area contributed by atoms with Crippen molar-refractivity contribution in [3.05, 3.63) is 209 Å². The molecule has 87 heavy (non-hydrogen) atoms. The molecule has 0 N–H and O–H groups in total. The second-order valence-corrected chi connectivity index (χ2v) is 26.9. The number of fused-ring (bicyclic) bond motifs is 3. The Morgan fingerprint density at radius 2 is 0.736 bits per heavy atom. The van der Waals surface area contributed by atoms with Crippen molar-refractivity contribution in [2.45, 2.75) is 252 Å². The topological polar surface area (TPSA) is 6.48 Å². The summed E-state index contributed by atoms with van der Waals surface area (Å²) in [6, 6.07) is 62.2. The molecule has 0 radical (unpaired) electrons. The van der Waals surface area contributed by atoms with Crippen molar-refractivity contribution in [3.8, 4) is 33.4 Å². The summed E-state index contributed by atoms with van der Waals surface area (Å²) in [4.78, 5) is 4.96. The number of nitrogens with zero attached hydrogens (tertiary/aromatic N) is 2. The van der Waals surface area contributed by atoms with Crippen molar-refractivity contribution in [1.29, 1.82) is 0 Å². The van der Waals surface area contributed by atoms with Crippen molar-refractivity contribution in [3.63, 3.8) is 0 Å². The summed E-state index contributed by atoms with van der Waals surface area (Å²) in [7, 11) is 0. The summed E-state index contributed by atoms with van der Waals surface area (Å²) in [6.07, 6.45) is 37.2. The minimum Gasteiger partial charge on any atom is -0.314 e. The van der Waals surface area contributed by atoms with E-state index in [9.17, 15) is 0 Å². The van der Waals surface area contributed by atoms with E-state index in [0.717, 1.165) is 50.6 Å². The van der Waals surface area contributed by atoms with Gasteiger partial charge in [0.05, 0.1) is 0 Å². The molecule has 0 saturated heterocycles. The summed E-state index contributed by atoms with van der Waals surface area (Å²) in [6.45, 7) is 23.6. The largest absolute Gasteiger partial charge is 0.314 e. The molecule has 7 aromatic carbocycles. The molecule has 7 aromatic rings. The van der Waals surface area contributed by atoms with E-state index in [4.69, 9.17) is 0 Å². The van der Waals surface area contributed by atoms with E-state index in [1.807, 2.05) is 0 Å². The zero-order valence-electron chi connectivity index (χ0n) is 55.9. The number of aryl methyl sites for hydroxylation is 1. The summed E-state index contributed by atoms with van der Waals surface area (Å²) in [5, 5.41) is 0. The van der Waals surface area contributed by atoms with Gasteiger partial charge in [-0.3, -0.25) is 0 Å². The highest BCUT2D eigenvalue weighted by molar-refractivity contribution is 5.85. The van der Waals surface area contributed by atoms with Gasteiger partial charge in [0.15, 0.2) is 0 Å². The average Bonchev–Trinajstić information content (AvgIpc) is 1.59. The molecule has 0 atom stereocenters. The number of benzene rings is 7. The Hall–Kier alpha value is -6.38. The number of hydrogen-bond donors (Lipinski definition) is 0. The number of unbranched alkanes of at least 4 members (excludes halogenated alkanes) is 12. The minimum absolute atomic E-state index is 0.0233. The van der Waals surface area contributed by atoms with E-state index in [1.54, 1.807) is 16.7 Å². The fraction of sp³-hybridized carbons (Fsp3) is 0.459. The fourth-order valence-electron chi connectivity index (χ4n) is 14.5. The maximum absolute atomic E-state index is 2.71. The van der Waals surface area contributed by atoms with Gasteiger partial charge in [-0.2, -0.15) is 0 Å². The molecule has 0 spiro atoms. The first-order valence-corrected chi connectivity index (χ1v) is 35.3. The van der Waals surface area contributed by atoms with Crippen LogP contribution in [0.1, 0.15) is 258 Å². The van der Waals surface area contributed by atoms with Crippen LogP contribution >= 0.6 is 0 Å². The molecule has 0 fully saturated rings. The Labute approximate surface area is 530 Å². The van der Waals surface area contributed by atoms with Crippen LogP contribution in [0.5, 0.6) is 0 Å². The maximum Gasteiger partial charge on any atom is 0.0462 e. The molecule has 2 aliphatic rings. The van der Waals surface area contributed by atoms with Crippen molar-refractivity contribution >= 4 is 28.4 Å². The summed E-state index contributed by atoms with van der Waals surface area (Å²) in [5.41, 5.74) is 24.8. The summed E-state index contributed by atoms with van der Waals surface area (Å²) in [5.74, 6) is 0. The van der Waals surface area contributed by atoms with E-state index < -0.39 is 0 Å². The highest BCUT2D eigenvalue weighted by Crippen LogP contribution is 2.56. The smallest absolute Gasteiger partial charge is 0.0462 e. The Morgan fingerprint density at radius 1 is 0.345 bits per heavy atom. The van der Waals surface area contributed by atoms with Crippen LogP contribution in [0.15, 0.2) is 181 Å². The number of anilines is 5. The maximum atomic E-state index is 2.71. The van der Waals surface area contributed by atoms with Gasteiger partial charge in [-0.25, -0.2) is 0 Å². The molecule has 0 aliphatic heterocycles. The molecule has 0 unspecified atom stereocenters. The molecular weight excluding hydrogens is 1050 g/mol. The summed E-state index contributed by atoms with van der Waals surface area (Å²) < 4.78 is 0. The second kappa shape index (κ2) is 31.2. The van der Waals surface area contributed by atoms with Crippen LogP contribution in [0, 0.1) is 0 Å². The SMILES string of the molecule is CCCCCCCCC1(CCCCCCCC)c2cc(-c3ccc(N(C4=CC=C(CCCC)CC4)c4ccc(-c5ccc(N(c6ccc(CCCC)cc6)c6ccc(C(C)(CC)CC)cc6)cc5)cc4)cc3)ccc2-c2ccc(C(C)(CC)CC)cc21. The van der Waals surface area contributed by atoms with Gasteiger partial charge < -0.3 is 9.80 Å². The molecule has 2 nitrogen and oxygen atoms in total. The number of rotatable bonds is 34. The molecule has 9 rings (SSSR count). The normalized spacial score (nSPS) is 13.7. The van der Waals surface area contributed by atoms with E-state index in [2.05, 4.69) is 249 Å². The first-order chi connectivity index (χ1) is 42.5. The second-order valence-electron chi connectivity index (χ2n) is 26.9. The lowest BCUT2D eigenvalue weighted by Crippen LogP contribution is -2.27. The Morgan fingerprint density at radius 3 is 1.22 bits per heavy atom. The average molecular weight is 1160 g/mol. The standard InChI is InChI=1S/C85H110N2/c1-11-19-23-25-27-29-61-85(62-30-28-26-24-20-12-2)81-63-70(43-59-79(81)80-60-46-72(64-82(80)85)84(10,17-7)18-8)69-41-55-77(56-42-69)86(73-47-33-65(34-48-73)31-21-13-3)75-51-37-67(38-52-75)68-39-53-76(54-40-68)87(74-49-35-66(36-50-74)32-22-14-4)78-57-44-71(45-58-78)83(9,15-5)16-6/h33,35-47,49-60,63-64H,11-32,34,48,61-62H2,1-10H3. The van der Waals surface area contributed by atoms with Crippen molar-refractivity contribution in [1.82, 2.24) is 0 Å². The molecule has 0 bridgehead atoms. The number of hydrogen-bond acceptors (Lipinski definition) is 2. The highest BCUT2D eigenvalue weighted by Gasteiger charge is 2.43. The van der Waals surface area contributed by atoms with Gasteiger partial charge in [0.2, 0.25) is 0 Å². The van der Waals surface area contributed by atoms with Gasteiger partial charge in [0.1, 0.15) is 0 Å². The van der Waals surface area contributed by atoms with Crippen LogP contribution in [-0.2, 0) is 22.7 Å². The molecule has 0 aromatic heterocycles. The lowest BCUT2D eigenvalue weighted by molar-refractivity contribution is 0.395. The van der Waals surface area contributed by atoms with Crippen molar-refractivity contribution < 1.29 is 0 Å². The molecular formula is C85H110N2.